The Morgan fingerprint density at radius 3 is 2.78 bits per heavy atom. The number of rotatable bonds is 5. The Kier molecular flexibility index (Phi) is 4.74. The lowest BCUT2D eigenvalue weighted by atomic mass is 9.98. The van der Waals surface area contributed by atoms with E-state index >= 15 is 0 Å². The summed E-state index contributed by atoms with van der Waals surface area (Å²) in [6.45, 7) is 5.32. The summed E-state index contributed by atoms with van der Waals surface area (Å²) < 4.78 is 44.4. The Hall–Kier alpha value is -2.25. The van der Waals surface area contributed by atoms with Crippen molar-refractivity contribution in [2.75, 3.05) is 26.5 Å². The number of fused-ring (bicyclic) bond motifs is 1. The molecule has 0 N–H and O–H groups in total. The van der Waals surface area contributed by atoms with Crippen LogP contribution in [-0.4, -0.2) is 39.2 Å². The first-order chi connectivity index (χ1) is 13.0. The molecule has 0 spiro atoms. The summed E-state index contributed by atoms with van der Waals surface area (Å²) in [5.74, 6) is 2.01. The van der Waals surface area contributed by atoms with E-state index in [1.54, 1.807) is 16.4 Å². The van der Waals surface area contributed by atoms with Gasteiger partial charge in [0.15, 0.2) is 11.5 Å². The molecule has 6 nitrogen and oxygen atoms in total. The predicted molar refractivity (Wildman–Crippen MR) is 101 cm³/mol. The van der Waals surface area contributed by atoms with Crippen molar-refractivity contribution in [3.05, 3.63) is 47.5 Å². The zero-order valence-corrected chi connectivity index (χ0v) is 16.3. The van der Waals surface area contributed by atoms with Crippen LogP contribution < -0.4 is 14.2 Å². The summed E-state index contributed by atoms with van der Waals surface area (Å²) in [4.78, 5) is 0.246. The third kappa shape index (κ3) is 3.37. The largest absolute Gasteiger partial charge is 0.492 e. The highest BCUT2D eigenvalue weighted by atomic mass is 32.2. The fourth-order valence-electron chi connectivity index (χ4n) is 3.62. The number of ether oxygens (including phenoxy) is 3. The highest BCUT2D eigenvalue weighted by Crippen LogP contribution is 2.39. The monoisotopic (exact) mass is 389 g/mol. The molecule has 0 aliphatic carbocycles. The van der Waals surface area contributed by atoms with Crippen molar-refractivity contribution in [2.24, 2.45) is 0 Å². The lowest BCUT2D eigenvalue weighted by molar-refractivity contribution is 0.174. The van der Waals surface area contributed by atoms with Gasteiger partial charge in [0.25, 0.3) is 0 Å². The number of hydrogen-bond donors (Lipinski definition) is 0. The maximum absolute atomic E-state index is 13.2. The van der Waals surface area contributed by atoms with Crippen molar-refractivity contribution in [1.82, 2.24) is 4.31 Å². The molecule has 0 radical (unpaired) electrons. The fourth-order valence-corrected chi connectivity index (χ4v) is 5.33. The average Bonchev–Trinajstić information content (AvgIpc) is 3.32. The van der Waals surface area contributed by atoms with E-state index in [2.05, 4.69) is 0 Å². The molecular formula is C20H23NO5S. The molecular weight excluding hydrogens is 366 g/mol. The Balaban J connectivity index is 1.59. The molecule has 0 amide bonds. The smallest absolute Gasteiger partial charge is 0.246 e. The van der Waals surface area contributed by atoms with Crippen LogP contribution in [0.3, 0.4) is 0 Å². The number of sulfonamides is 1. The quantitative estimate of drug-likeness (QED) is 0.785. The van der Waals surface area contributed by atoms with Crippen LogP contribution in [-0.2, 0) is 10.0 Å². The van der Waals surface area contributed by atoms with Crippen molar-refractivity contribution in [3.63, 3.8) is 0 Å². The molecule has 1 saturated heterocycles. The lowest BCUT2D eigenvalue weighted by Crippen LogP contribution is -2.29. The van der Waals surface area contributed by atoms with Crippen LogP contribution in [0.4, 0.5) is 0 Å². The number of aryl methyl sites for hydroxylation is 1. The summed E-state index contributed by atoms with van der Waals surface area (Å²) in [6, 6.07) is 11.1. The van der Waals surface area contributed by atoms with Crippen LogP contribution in [0.1, 0.15) is 30.4 Å². The van der Waals surface area contributed by atoms with E-state index in [1.807, 2.05) is 38.1 Å². The molecule has 2 aliphatic rings. The second kappa shape index (κ2) is 7.05. The summed E-state index contributed by atoms with van der Waals surface area (Å²) in [6.07, 6.45) is 0.772. The molecule has 0 saturated carbocycles. The molecule has 1 atom stereocenters. The SMILES string of the molecule is CCOc1ccc(C)cc1S(=O)(=O)N1CCC(c2ccc3c(c2)OCO3)C1. The lowest BCUT2D eigenvalue weighted by Gasteiger charge is -2.19. The molecule has 2 heterocycles. The summed E-state index contributed by atoms with van der Waals surface area (Å²) in [5.41, 5.74) is 1.97. The van der Waals surface area contributed by atoms with Crippen molar-refractivity contribution in [3.8, 4) is 17.2 Å². The third-order valence-electron chi connectivity index (χ3n) is 5.04. The van der Waals surface area contributed by atoms with Gasteiger partial charge in [-0.15, -0.1) is 0 Å². The Labute approximate surface area is 159 Å². The van der Waals surface area contributed by atoms with Gasteiger partial charge in [-0.3, -0.25) is 0 Å². The summed E-state index contributed by atoms with van der Waals surface area (Å²) in [5, 5.41) is 0. The Bertz CT molecular complexity index is 957. The van der Waals surface area contributed by atoms with E-state index < -0.39 is 10.0 Å². The minimum Gasteiger partial charge on any atom is -0.492 e. The van der Waals surface area contributed by atoms with Crippen molar-refractivity contribution in [1.29, 1.82) is 0 Å². The normalized spacial score (nSPS) is 19.4. The van der Waals surface area contributed by atoms with Gasteiger partial charge in [-0.2, -0.15) is 4.31 Å². The van der Waals surface area contributed by atoms with Gasteiger partial charge in [0.1, 0.15) is 10.6 Å². The predicted octanol–water partition coefficient (Wildman–Crippen LogP) is 3.30. The Morgan fingerprint density at radius 1 is 1.15 bits per heavy atom. The maximum Gasteiger partial charge on any atom is 0.246 e. The van der Waals surface area contributed by atoms with Gasteiger partial charge < -0.3 is 14.2 Å². The van der Waals surface area contributed by atoms with Crippen molar-refractivity contribution in [2.45, 2.75) is 31.1 Å². The molecule has 0 aromatic heterocycles. The minimum absolute atomic E-state index is 0.134. The number of nitrogens with zero attached hydrogens (tertiary/aromatic N) is 1. The maximum atomic E-state index is 13.2. The van der Waals surface area contributed by atoms with Crippen molar-refractivity contribution < 1.29 is 22.6 Å². The molecule has 1 unspecified atom stereocenters. The van der Waals surface area contributed by atoms with Gasteiger partial charge in [-0.25, -0.2) is 8.42 Å². The topological polar surface area (TPSA) is 65.1 Å². The zero-order chi connectivity index (χ0) is 19.0. The van der Waals surface area contributed by atoms with Crippen LogP contribution in [0, 0.1) is 6.92 Å². The highest BCUT2D eigenvalue weighted by molar-refractivity contribution is 7.89. The first-order valence-corrected chi connectivity index (χ1v) is 10.6. The van der Waals surface area contributed by atoms with Crippen molar-refractivity contribution >= 4 is 10.0 Å². The first-order valence-electron chi connectivity index (χ1n) is 9.12. The second-order valence-corrected chi connectivity index (χ2v) is 8.75. The molecule has 2 aliphatic heterocycles. The molecule has 7 heteroatoms. The van der Waals surface area contributed by atoms with Gasteiger partial charge in [0.2, 0.25) is 16.8 Å². The molecule has 144 valence electrons. The minimum atomic E-state index is -3.61. The van der Waals surface area contributed by atoms with Gasteiger partial charge in [-0.1, -0.05) is 12.1 Å². The average molecular weight is 389 g/mol. The number of benzene rings is 2. The van der Waals surface area contributed by atoms with E-state index in [0.717, 1.165) is 29.0 Å². The fraction of sp³-hybridized carbons (Fsp3) is 0.400. The Morgan fingerprint density at radius 2 is 1.96 bits per heavy atom. The van der Waals surface area contributed by atoms with Gasteiger partial charge >= 0.3 is 0 Å². The van der Waals surface area contributed by atoms with E-state index in [1.165, 1.54) is 0 Å². The number of hydrogen-bond acceptors (Lipinski definition) is 5. The third-order valence-corrected chi connectivity index (χ3v) is 6.92. The molecule has 2 aromatic rings. The van der Waals surface area contributed by atoms with E-state index in [-0.39, 0.29) is 17.6 Å². The van der Waals surface area contributed by atoms with Gasteiger partial charge in [0.05, 0.1) is 6.61 Å². The van der Waals surface area contributed by atoms with Crippen LogP contribution in [0.5, 0.6) is 17.2 Å². The summed E-state index contributed by atoms with van der Waals surface area (Å²) >= 11 is 0. The van der Waals surface area contributed by atoms with Gasteiger partial charge in [0, 0.05) is 13.1 Å². The van der Waals surface area contributed by atoms with Crippen LogP contribution in [0.15, 0.2) is 41.3 Å². The molecule has 2 aromatic carbocycles. The van der Waals surface area contributed by atoms with Crippen LogP contribution >= 0.6 is 0 Å². The highest BCUT2D eigenvalue weighted by Gasteiger charge is 2.35. The first kappa shape index (κ1) is 18.1. The van der Waals surface area contributed by atoms with E-state index in [9.17, 15) is 8.42 Å². The molecule has 4 rings (SSSR count). The molecule has 27 heavy (non-hydrogen) atoms. The van der Waals surface area contributed by atoms with Crippen LogP contribution in [0.25, 0.3) is 0 Å². The summed E-state index contributed by atoms with van der Waals surface area (Å²) in [7, 11) is -3.61. The van der Waals surface area contributed by atoms with Gasteiger partial charge in [-0.05, 0) is 61.6 Å². The van der Waals surface area contributed by atoms with Crippen LogP contribution in [0.2, 0.25) is 0 Å². The molecule has 1 fully saturated rings. The molecule has 0 bridgehead atoms. The standard InChI is InChI=1S/C20H23NO5S/c1-3-24-18-6-4-14(2)10-20(18)27(22,23)21-9-8-16(12-21)15-5-7-17-19(11-15)26-13-25-17/h4-7,10-11,16H,3,8-9,12-13H2,1-2H3. The van der Waals surface area contributed by atoms with E-state index in [0.29, 0.717) is 25.4 Å². The van der Waals surface area contributed by atoms with E-state index in [4.69, 9.17) is 14.2 Å². The second-order valence-electron chi connectivity index (χ2n) is 6.84. The zero-order valence-electron chi connectivity index (χ0n) is 15.5.